The maximum Gasteiger partial charge on any atom is 0.322 e. The summed E-state index contributed by atoms with van der Waals surface area (Å²) >= 11 is 0. The van der Waals surface area contributed by atoms with E-state index < -0.39 is 18.0 Å². The number of pyridine rings is 2. The third-order valence-electron chi connectivity index (χ3n) is 4.39. The van der Waals surface area contributed by atoms with E-state index in [-0.39, 0.29) is 0 Å². The predicted octanol–water partition coefficient (Wildman–Crippen LogP) is 3.63. The van der Waals surface area contributed by atoms with Crippen molar-refractivity contribution >= 4 is 24.1 Å². The van der Waals surface area contributed by atoms with E-state index in [1.165, 1.54) is 6.20 Å². The number of imide groups is 1. The van der Waals surface area contributed by atoms with E-state index in [0.717, 1.165) is 16.8 Å². The zero-order valence-corrected chi connectivity index (χ0v) is 15.6. The molecule has 144 valence electrons. The van der Waals surface area contributed by atoms with Crippen molar-refractivity contribution in [2.24, 2.45) is 0 Å². The maximum absolute atomic E-state index is 12.0. The molecule has 0 spiro atoms. The van der Waals surface area contributed by atoms with Crippen molar-refractivity contribution in [3.8, 4) is 11.5 Å². The van der Waals surface area contributed by atoms with Gasteiger partial charge in [0.25, 0.3) is 5.91 Å². The molecule has 1 aliphatic rings. The van der Waals surface area contributed by atoms with Crippen LogP contribution in [-0.2, 0) is 4.79 Å². The zero-order valence-electron chi connectivity index (χ0n) is 15.6. The van der Waals surface area contributed by atoms with Crippen LogP contribution in [0.15, 0.2) is 61.1 Å². The normalized spacial score (nSPS) is 16.0. The number of aryl methyl sites for hydroxylation is 1. The fraction of sp³-hybridized carbons (Fsp3) is 0.0909. The SMILES string of the molecule is Cc1cc(/C=C/c2ccc(Oc3ccncc3C3NC(=O)NC3=O)cc2)ccn1. The van der Waals surface area contributed by atoms with E-state index in [1.54, 1.807) is 18.5 Å². The van der Waals surface area contributed by atoms with Crippen molar-refractivity contribution in [2.45, 2.75) is 13.0 Å². The van der Waals surface area contributed by atoms with Crippen LogP contribution in [0.5, 0.6) is 11.5 Å². The number of hydrogen-bond donors (Lipinski definition) is 2. The van der Waals surface area contributed by atoms with Gasteiger partial charge in [0, 0.05) is 29.8 Å². The van der Waals surface area contributed by atoms with Gasteiger partial charge in [0.15, 0.2) is 0 Å². The van der Waals surface area contributed by atoms with Crippen molar-refractivity contribution in [3.63, 3.8) is 0 Å². The summed E-state index contributed by atoms with van der Waals surface area (Å²) in [6.07, 6.45) is 8.90. The van der Waals surface area contributed by atoms with Crippen LogP contribution in [0, 0.1) is 6.92 Å². The van der Waals surface area contributed by atoms with Crippen LogP contribution in [0.1, 0.15) is 28.4 Å². The molecule has 3 amide bonds. The Kier molecular flexibility index (Phi) is 5.03. The molecule has 1 fully saturated rings. The monoisotopic (exact) mass is 386 g/mol. The van der Waals surface area contributed by atoms with Gasteiger partial charge in [-0.1, -0.05) is 24.3 Å². The average Bonchev–Trinajstić information content (AvgIpc) is 3.06. The highest BCUT2D eigenvalue weighted by Crippen LogP contribution is 2.30. The first-order chi connectivity index (χ1) is 14.1. The van der Waals surface area contributed by atoms with Crippen LogP contribution in [0.2, 0.25) is 0 Å². The van der Waals surface area contributed by atoms with E-state index >= 15 is 0 Å². The summed E-state index contributed by atoms with van der Waals surface area (Å²) < 4.78 is 5.94. The van der Waals surface area contributed by atoms with Gasteiger partial charge in [0.05, 0.1) is 0 Å². The molecule has 3 aromatic rings. The molecule has 0 radical (unpaired) electrons. The minimum absolute atomic E-state index is 0.431. The highest BCUT2D eigenvalue weighted by Gasteiger charge is 2.33. The number of aromatic nitrogens is 2. The van der Waals surface area contributed by atoms with Gasteiger partial charge in [0.2, 0.25) is 0 Å². The predicted molar refractivity (Wildman–Crippen MR) is 108 cm³/mol. The lowest BCUT2D eigenvalue weighted by molar-refractivity contribution is -0.120. The highest BCUT2D eigenvalue weighted by molar-refractivity contribution is 6.04. The van der Waals surface area contributed by atoms with E-state index in [0.29, 0.717) is 17.1 Å². The van der Waals surface area contributed by atoms with Gasteiger partial charge in [0.1, 0.15) is 17.5 Å². The Morgan fingerprint density at radius 3 is 2.52 bits per heavy atom. The summed E-state index contributed by atoms with van der Waals surface area (Å²) in [4.78, 5) is 31.6. The summed E-state index contributed by atoms with van der Waals surface area (Å²) in [5.41, 5.74) is 3.56. The average molecular weight is 386 g/mol. The van der Waals surface area contributed by atoms with Gasteiger partial charge in [-0.15, -0.1) is 0 Å². The third-order valence-corrected chi connectivity index (χ3v) is 4.39. The topological polar surface area (TPSA) is 93.2 Å². The lowest BCUT2D eigenvalue weighted by Gasteiger charge is -2.14. The number of nitrogens with zero attached hydrogens (tertiary/aromatic N) is 2. The summed E-state index contributed by atoms with van der Waals surface area (Å²) in [5.74, 6) is 0.636. The molecule has 7 nitrogen and oxygen atoms in total. The lowest BCUT2D eigenvalue weighted by Crippen LogP contribution is -2.22. The number of carbonyl (C=O) groups excluding carboxylic acids is 2. The highest BCUT2D eigenvalue weighted by atomic mass is 16.5. The molecule has 2 N–H and O–H groups in total. The number of amides is 3. The molecule has 1 saturated heterocycles. The first-order valence-electron chi connectivity index (χ1n) is 9.02. The van der Waals surface area contributed by atoms with Crippen LogP contribution < -0.4 is 15.4 Å². The van der Waals surface area contributed by atoms with Gasteiger partial charge in [-0.05, 0) is 48.4 Å². The van der Waals surface area contributed by atoms with Gasteiger partial charge in [-0.2, -0.15) is 0 Å². The van der Waals surface area contributed by atoms with Crippen molar-refractivity contribution < 1.29 is 14.3 Å². The molecule has 7 heteroatoms. The summed E-state index contributed by atoms with van der Waals surface area (Å²) in [7, 11) is 0. The van der Waals surface area contributed by atoms with Crippen molar-refractivity contribution in [3.05, 3.63) is 83.4 Å². The van der Waals surface area contributed by atoms with Gasteiger partial charge in [-0.25, -0.2) is 4.79 Å². The van der Waals surface area contributed by atoms with E-state index in [9.17, 15) is 9.59 Å². The molecule has 1 atom stereocenters. The second-order valence-electron chi connectivity index (χ2n) is 6.54. The Labute approximate surface area is 167 Å². The fourth-order valence-corrected chi connectivity index (χ4v) is 2.98. The van der Waals surface area contributed by atoms with Crippen LogP contribution >= 0.6 is 0 Å². The largest absolute Gasteiger partial charge is 0.457 e. The van der Waals surface area contributed by atoms with Crippen molar-refractivity contribution in [1.82, 2.24) is 20.6 Å². The molecule has 3 heterocycles. The maximum atomic E-state index is 12.0. The molecule has 0 bridgehead atoms. The number of hydrogen-bond acceptors (Lipinski definition) is 5. The first kappa shape index (κ1) is 18.4. The van der Waals surface area contributed by atoms with E-state index in [2.05, 4.69) is 20.6 Å². The summed E-state index contributed by atoms with van der Waals surface area (Å²) in [5, 5.41) is 4.77. The molecule has 0 aliphatic carbocycles. The number of benzene rings is 1. The molecule has 4 rings (SSSR count). The van der Waals surface area contributed by atoms with Crippen LogP contribution in [0.3, 0.4) is 0 Å². The Hall–Kier alpha value is -4.00. The van der Waals surface area contributed by atoms with Gasteiger partial charge in [-0.3, -0.25) is 20.1 Å². The smallest absolute Gasteiger partial charge is 0.322 e. The quantitative estimate of drug-likeness (QED) is 0.653. The Morgan fingerprint density at radius 2 is 1.79 bits per heavy atom. The molecule has 1 unspecified atom stereocenters. The molecular weight excluding hydrogens is 368 g/mol. The molecule has 0 saturated carbocycles. The second kappa shape index (κ2) is 7.93. The minimum Gasteiger partial charge on any atom is -0.457 e. The van der Waals surface area contributed by atoms with E-state index in [4.69, 9.17) is 4.74 Å². The summed E-state index contributed by atoms with van der Waals surface area (Å²) in [6, 6.07) is 11.8. The van der Waals surface area contributed by atoms with Crippen LogP contribution in [0.4, 0.5) is 4.79 Å². The van der Waals surface area contributed by atoms with Crippen LogP contribution in [-0.4, -0.2) is 21.9 Å². The number of rotatable bonds is 5. The number of urea groups is 1. The Bertz CT molecular complexity index is 1090. The lowest BCUT2D eigenvalue weighted by atomic mass is 10.1. The zero-order chi connectivity index (χ0) is 20.2. The third kappa shape index (κ3) is 4.30. The van der Waals surface area contributed by atoms with Gasteiger partial charge >= 0.3 is 6.03 Å². The van der Waals surface area contributed by atoms with Crippen molar-refractivity contribution in [1.29, 1.82) is 0 Å². The van der Waals surface area contributed by atoms with Crippen molar-refractivity contribution in [2.75, 3.05) is 0 Å². The molecule has 1 aliphatic heterocycles. The number of carbonyl (C=O) groups is 2. The standard InChI is InChI=1S/C22H18N4O3/c1-14-12-16(8-11-24-14)3-2-15-4-6-17(7-5-15)29-19-9-10-23-13-18(19)20-21(27)26-22(28)25-20/h2-13,20H,1H3,(H2,25,26,27,28)/b3-2+. The van der Waals surface area contributed by atoms with Crippen LogP contribution in [0.25, 0.3) is 12.2 Å². The number of ether oxygens (including phenoxy) is 1. The molecule has 2 aromatic heterocycles. The minimum atomic E-state index is -0.822. The number of nitrogens with one attached hydrogen (secondary N) is 2. The molecule has 29 heavy (non-hydrogen) atoms. The van der Waals surface area contributed by atoms with Gasteiger partial charge < -0.3 is 10.1 Å². The summed E-state index contributed by atoms with van der Waals surface area (Å²) in [6.45, 7) is 1.96. The Morgan fingerprint density at radius 1 is 1.00 bits per heavy atom. The van der Waals surface area contributed by atoms with E-state index in [1.807, 2.05) is 55.5 Å². The molecule has 1 aromatic carbocycles. The first-order valence-corrected chi connectivity index (χ1v) is 9.02. The second-order valence-corrected chi connectivity index (χ2v) is 6.54. The molecular formula is C22H18N4O3. The Balaban J connectivity index is 1.50. The fourth-order valence-electron chi connectivity index (χ4n) is 2.98.